The van der Waals surface area contributed by atoms with Gasteiger partial charge < -0.3 is 10.2 Å². The van der Waals surface area contributed by atoms with Gasteiger partial charge >= 0.3 is 0 Å². The first-order valence-electron chi connectivity index (χ1n) is 8.94. The number of nitrogens with zero attached hydrogens (tertiary/aromatic N) is 1. The Bertz CT molecular complexity index is 398. The normalized spacial score (nSPS) is 19.2. The van der Waals surface area contributed by atoms with Gasteiger partial charge in [0.1, 0.15) is 0 Å². The van der Waals surface area contributed by atoms with E-state index in [1.54, 1.807) is 11.1 Å². The fourth-order valence-corrected chi connectivity index (χ4v) is 3.35. The van der Waals surface area contributed by atoms with E-state index in [0.29, 0.717) is 0 Å². The largest absolute Gasteiger partial charge is 0.314 e. The molecule has 1 aromatic carbocycles. The van der Waals surface area contributed by atoms with Gasteiger partial charge in [0.25, 0.3) is 0 Å². The van der Waals surface area contributed by atoms with Crippen LogP contribution >= 0.6 is 0 Å². The molecule has 0 radical (unpaired) electrons. The van der Waals surface area contributed by atoms with Crippen molar-refractivity contribution in [3.05, 3.63) is 35.4 Å². The summed E-state index contributed by atoms with van der Waals surface area (Å²) in [5, 5.41) is 3.60. The molecule has 1 aliphatic carbocycles. The lowest BCUT2D eigenvalue weighted by Crippen LogP contribution is -2.27. The van der Waals surface area contributed by atoms with E-state index in [0.717, 1.165) is 6.04 Å². The molecule has 0 spiro atoms. The molecule has 2 heteroatoms. The van der Waals surface area contributed by atoms with E-state index in [1.165, 1.54) is 77.5 Å². The van der Waals surface area contributed by atoms with Gasteiger partial charge in [-0.15, -0.1) is 0 Å². The Kier molecular flexibility index (Phi) is 5.70. The molecule has 2 nitrogen and oxygen atoms in total. The Balaban J connectivity index is 1.26. The van der Waals surface area contributed by atoms with Gasteiger partial charge in [-0.3, -0.25) is 0 Å². The minimum absolute atomic E-state index is 0.878. The van der Waals surface area contributed by atoms with Crippen molar-refractivity contribution in [1.82, 2.24) is 10.2 Å². The molecule has 0 saturated heterocycles. The van der Waals surface area contributed by atoms with Crippen LogP contribution in [0.2, 0.25) is 0 Å². The van der Waals surface area contributed by atoms with Crippen LogP contribution in [-0.2, 0) is 12.8 Å². The number of unbranched alkanes of at least 4 members (excludes halogenated alkanes) is 3. The average Bonchev–Trinajstić information content (AvgIpc) is 3.33. The van der Waals surface area contributed by atoms with Crippen LogP contribution in [0.15, 0.2) is 24.3 Å². The quantitative estimate of drug-likeness (QED) is 0.737. The Morgan fingerprint density at radius 1 is 0.905 bits per heavy atom. The highest BCUT2D eigenvalue weighted by atomic mass is 15.1. The highest BCUT2D eigenvalue weighted by Crippen LogP contribution is 2.18. The second kappa shape index (κ2) is 7.95. The summed E-state index contributed by atoms with van der Waals surface area (Å²) in [6.07, 6.45) is 10.8. The van der Waals surface area contributed by atoms with E-state index < -0.39 is 0 Å². The molecule has 0 unspecified atom stereocenters. The Morgan fingerprint density at radius 3 is 2.24 bits per heavy atom. The van der Waals surface area contributed by atoms with Crippen molar-refractivity contribution in [2.24, 2.45) is 0 Å². The van der Waals surface area contributed by atoms with Crippen molar-refractivity contribution in [3.8, 4) is 0 Å². The fourth-order valence-electron chi connectivity index (χ4n) is 3.35. The first-order chi connectivity index (χ1) is 10.4. The summed E-state index contributed by atoms with van der Waals surface area (Å²) in [6.45, 7) is 5.04. The van der Waals surface area contributed by atoms with Crippen molar-refractivity contribution < 1.29 is 0 Å². The summed E-state index contributed by atoms with van der Waals surface area (Å²) in [5.74, 6) is 0. The third-order valence-corrected chi connectivity index (χ3v) is 4.92. The second-order valence-electron chi connectivity index (χ2n) is 6.75. The lowest BCUT2D eigenvalue weighted by atomic mass is 10.0. The maximum Gasteiger partial charge on any atom is 0.00682 e. The number of fused-ring (bicyclic) bond motifs is 1. The molecule has 1 fully saturated rings. The van der Waals surface area contributed by atoms with Crippen molar-refractivity contribution in [1.29, 1.82) is 0 Å². The molecule has 1 heterocycles. The molecule has 1 aliphatic heterocycles. The summed E-state index contributed by atoms with van der Waals surface area (Å²) in [5.41, 5.74) is 3.15. The molecule has 1 aromatic rings. The SMILES string of the molecule is c1ccc2c(c1)CCN(CCCCCCNC1CC1)CC2. The maximum atomic E-state index is 3.60. The van der Waals surface area contributed by atoms with Crippen molar-refractivity contribution in [2.45, 2.75) is 57.4 Å². The van der Waals surface area contributed by atoms with Gasteiger partial charge in [-0.25, -0.2) is 0 Å². The van der Waals surface area contributed by atoms with Crippen LogP contribution in [0.1, 0.15) is 49.7 Å². The molecular formula is C19H30N2. The lowest BCUT2D eigenvalue weighted by Gasteiger charge is -2.19. The Morgan fingerprint density at radius 2 is 1.57 bits per heavy atom. The van der Waals surface area contributed by atoms with Crippen LogP contribution in [0.4, 0.5) is 0 Å². The zero-order valence-electron chi connectivity index (χ0n) is 13.3. The Labute approximate surface area is 129 Å². The standard InChI is InChI=1S/C19H30N2/c1(5-13-20-19-9-10-19)2-6-14-21-15-11-17-7-3-4-8-18(17)12-16-21/h3-4,7-8,19-20H,1-2,5-6,9-16H2. The number of hydrogen-bond donors (Lipinski definition) is 1. The lowest BCUT2D eigenvalue weighted by molar-refractivity contribution is 0.280. The first kappa shape index (κ1) is 15.1. The van der Waals surface area contributed by atoms with Gasteiger partial charge in [-0.05, 0) is 62.7 Å². The molecule has 116 valence electrons. The van der Waals surface area contributed by atoms with Gasteiger partial charge in [0.2, 0.25) is 0 Å². The first-order valence-corrected chi connectivity index (χ1v) is 8.94. The third kappa shape index (κ3) is 5.12. The van der Waals surface area contributed by atoms with Gasteiger partial charge in [0.05, 0.1) is 0 Å². The average molecular weight is 286 g/mol. The molecule has 0 atom stereocenters. The summed E-state index contributed by atoms with van der Waals surface area (Å²) in [7, 11) is 0. The molecule has 0 aromatic heterocycles. The van der Waals surface area contributed by atoms with Crippen molar-refractivity contribution in [3.63, 3.8) is 0 Å². The van der Waals surface area contributed by atoms with Gasteiger partial charge in [-0.2, -0.15) is 0 Å². The number of benzene rings is 1. The van der Waals surface area contributed by atoms with E-state index in [9.17, 15) is 0 Å². The van der Waals surface area contributed by atoms with Crippen molar-refractivity contribution >= 4 is 0 Å². The highest BCUT2D eigenvalue weighted by molar-refractivity contribution is 5.28. The summed E-state index contributed by atoms with van der Waals surface area (Å²) in [6, 6.07) is 9.87. The van der Waals surface area contributed by atoms with Crippen LogP contribution in [-0.4, -0.2) is 37.1 Å². The van der Waals surface area contributed by atoms with Gasteiger partial charge in [0, 0.05) is 19.1 Å². The zero-order chi connectivity index (χ0) is 14.3. The predicted molar refractivity (Wildman–Crippen MR) is 89.8 cm³/mol. The predicted octanol–water partition coefficient (Wildman–Crippen LogP) is 3.40. The van der Waals surface area contributed by atoms with Crippen LogP contribution < -0.4 is 5.32 Å². The molecular weight excluding hydrogens is 256 g/mol. The smallest absolute Gasteiger partial charge is 0.00682 e. The van der Waals surface area contributed by atoms with E-state index in [1.807, 2.05) is 0 Å². The maximum absolute atomic E-state index is 3.60. The number of hydrogen-bond acceptors (Lipinski definition) is 2. The Hall–Kier alpha value is -0.860. The zero-order valence-corrected chi connectivity index (χ0v) is 13.3. The van der Waals surface area contributed by atoms with E-state index in [4.69, 9.17) is 0 Å². The highest BCUT2D eigenvalue weighted by Gasteiger charge is 2.19. The minimum Gasteiger partial charge on any atom is -0.314 e. The van der Waals surface area contributed by atoms with Gasteiger partial charge in [0.15, 0.2) is 0 Å². The van der Waals surface area contributed by atoms with Crippen LogP contribution in [0, 0.1) is 0 Å². The van der Waals surface area contributed by atoms with Crippen LogP contribution in [0.3, 0.4) is 0 Å². The monoisotopic (exact) mass is 286 g/mol. The van der Waals surface area contributed by atoms with E-state index >= 15 is 0 Å². The summed E-state index contributed by atoms with van der Waals surface area (Å²) in [4.78, 5) is 2.67. The van der Waals surface area contributed by atoms with Gasteiger partial charge in [-0.1, -0.05) is 37.1 Å². The van der Waals surface area contributed by atoms with Crippen LogP contribution in [0.25, 0.3) is 0 Å². The molecule has 1 saturated carbocycles. The van der Waals surface area contributed by atoms with E-state index in [2.05, 4.69) is 34.5 Å². The van der Waals surface area contributed by atoms with Crippen molar-refractivity contribution in [2.75, 3.05) is 26.2 Å². The minimum atomic E-state index is 0.878. The van der Waals surface area contributed by atoms with Crippen LogP contribution in [0.5, 0.6) is 0 Å². The molecule has 21 heavy (non-hydrogen) atoms. The molecule has 0 bridgehead atoms. The second-order valence-corrected chi connectivity index (χ2v) is 6.75. The van der Waals surface area contributed by atoms with E-state index in [-0.39, 0.29) is 0 Å². The third-order valence-electron chi connectivity index (χ3n) is 4.92. The summed E-state index contributed by atoms with van der Waals surface area (Å²) < 4.78 is 0. The number of rotatable bonds is 8. The molecule has 3 rings (SSSR count). The molecule has 0 amide bonds. The molecule has 2 aliphatic rings. The topological polar surface area (TPSA) is 15.3 Å². The summed E-state index contributed by atoms with van der Waals surface area (Å²) >= 11 is 0. The number of nitrogens with one attached hydrogen (secondary N) is 1. The fraction of sp³-hybridized carbons (Fsp3) is 0.684. The molecule has 1 N–H and O–H groups in total.